The molecule has 0 radical (unpaired) electrons. The average Bonchev–Trinajstić information content (AvgIpc) is 2.31. The number of hydrogen-bond donors (Lipinski definition) is 0. The summed E-state index contributed by atoms with van der Waals surface area (Å²) >= 11 is 0. The van der Waals surface area contributed by atoms with Crippen LogP contribution >= 0.6 is 0 Å². The van der Waals surface area contributed by atoms with Gasteiger partial charge in [0.15, 0.2) is 5.78 Å². The lowest BCUT2D eigenvalue weighted by molar-refractivity contribution is -0.116. The Kier molecular flexibility index (Phi) is 5.62. The summed E-state index contributed by atoms with van der Waals surface area (Å²) in [5.41, 5.74) is 1.09. The summed E-state index contributed by atoms with van der Waals surface area (Å²) in [6.45, 7) is 7.30. The molecule has 0 aliphatic heterocycles. The van der Waals surface area contributed by atoms with Gasteiger partial charge in [-0.1, -0.05) is 19.9 Å². The lowest BCUT2D eigenvalue weighted by atomic mass is 9.95. The van der Waals surface area contributed by atoms with Crippen LogP contribution < -0.4 is 0 Å². The van der Waals surface area contributed by atoms with Crippen molar-refractivity contribution in [1.82, 2.24) is 4.90 Å². The number of rotatable bonds is 6. The molecule has 0 saturated heterocycles. The number of nitrogens with zero attached hydrogens (tertiary/aromatic N) is 1. The number of ketones is 1. The number of allylic oxidation sites excluding steroid dienone is 2. The van der Waals surface area contributed by atoms with Gasteiger partial charge in [0.2, 0.25) is 0 Å². The van der Waals surface area contributed by atoms with E-state index in [9.17, 15) is 4.79 Å². The first-order chi connectivity index (χ1) is 7.27. The van der Waals surface area contributed by atoms with E-state index in [0.717, 1.165) is 38.0 Å². The summed E-state index contributed by atoms with van der Waals surface area (Å²) < 4.78 is 0. The van der Waals surface area contributed by atoms with Crippen molar-refractivity contribution >= 4 is 5.78 Å². The van der Waals surface area contributed by atoms with Crippen LogP contribution in [0.4, 0.5) is 0 Å². The first-order valence-corrected chi connectivity index (χ1v) is 6.22. The lowest BCUT2D eigenvalue weighted by Crippen LogP contribution is -2.26. The van der Waals surface area contributed by atoms with E-state index in [2.05, 4.69) is 24.8 Å². The summed E-state index contributed by atoms with van der Waals surface area (Å²) in [5, 5.41) is 0. The van der Waals surface area contributed by atoms with Crippen molar-refractivity contribution in [2.75, 3.05) is 19.6 Å². The van der Waals surface area contributed by atoms with Crippen molar-refractivity contribution in [2.45, 2.75) is 46.0 Å². The summed E-state index contributed by atoms with van der Waals surface area (Å²) in [7, 11) is 0. The van der Waals surface area contributed by atoms with E-state index in [1.54, 1.807) is 0 Å². The van der Waals surface area contributed by atoms with Gasteiger partial charge in [0, 0.05) is 13.0 Å². The van der Waals surface area contributed by atoms with Crippen molar-refractivity contribution in [1.29, 1.82) is 0 Å². The van der Waals surface area contributed by atoms with Crippen LogP contribution in [0.5, 0.6) is 0 Å². The maximum atomic E-state index is 11.8. The maximum absolute atomic E-state index is 11.8. The Hall–Kier alpha value is -0.630. The van der Waals surface area contributed by atoms with Gasteiger partial charge in [0.25, 0.3) is 0 Å². The van der Waals surface area contributed by atoms with Crippen molar-refractivity contribution in [3.8, 4) is 0 Å². The zero-order valence-electron chi connectivity index (χ0n) is 10.1. The predicted molar refractivity (Wildman–Crippen MR) is 64.0 cm³/mol. The van der Waals surface area contributed by atoms with Crippen LogP contribution in [-0.2, 0) is 4.79 Å². The van der Waals surface area contributed by atoms with Crippen molar-refractivity contribution in [3.05, 3.63) is 11.6 Å². The first kappa shape index (κ1) is 12.4. The molecule has 0 saturated carbocycles. The van der Waals surface area contributed by atoms with Crippen LogP contribution in [-0.4, -0.2) is 30.3 Å². The third-order valence-electron chi connectivity index (χ3n) is 3.20. The second-order valence-corrected chi connectivity index (χ2v) is 4.18. The van der Waals surface area contributed by atoms with E-state index in [1.807, 2.05) is 0 Å². The Labute approximate surface area is 93.3 Å². The molecule has 0 bridgehead atoms. The monoisotopic (exact) mass is 209 g/mol. The van der Waals surface area contributed by atoms with E-state index in [4.69, 9.17) is 0 Å². The third-order valence-corrected chi connectivity index (χ3v) is 3.20. The van der Waals surface area contributed by atoms with Gasteiger partial charge >= 0.3 is 0 Å². The van der Waals surface area contributed by atoms with Gasteiger partial charge in [0.05, 0.1) is 0 Å². The zero-order chi connectivity index (χ0) is 11.1. The highest BCUT2D eigenvalue weighted by atomic mass is 16.1. The number of Topliss-reactive ketones (excluding diaryl/α,β-unsaturated/α-hetero) is 1. The van der Waals surface area contributed by atoms with Gasteiger partial charge in [-0.2, -0.15) is 0 Å². The molecule has 0 amide bonds. The Balaban J connectivity index is 2.31. The number of carbonyl (C=O) groups is 1. The van der Waals surface area contributed by atoms with E-state index in [0.29, 0.717) is 12.2 Å². The van der Waals surface area contributed by atoms with Gasteiger partial charge in [-0.15, -0.1) is 0 Å². The van der Waals surface area contributed by atoms with Crippen LogP contribution in [0.1, 0.15) is 46.0 Å². The molecule has 2 nitrogen and oxygen atoms in total. The Morgan fingerprint density at radius 1 is 1.33 bits per heavy atom. The summed E-state index contributed by atoms with van der Waals surface area (Å²) in [6.07, 6.45) is 7.42. The Morgan fingerprint density at radius 2 is 2.07 bits per heavy atom. The molecule has 0 unspecified atom stereocenters. The SMILES string of the molecule is CCN(CC)CCC(=O)C1=CCCCC1. The van der Waals surface area contributed by atoms with Crippen LogP contribution in [0, 0.1) is 0 Å². The minimum absolute atomic E-state index is 0.376. The number of hydrogen-bond acceptors (Lipinski definition) is 2. The Morgan fingerprint density at radius 3 is 2.60 bits per heavy atom. The van der Waals surface area contributed by atoms with Crippen molar-refractivity contribution < 1.29 is 4.79 Å². The summed E-state index contributed by atoms with van der Waals surface area (Å²) in [6, 6.07) is 0. The summed E-state index contributed by atoms with van der Waals surface area (Å²) in [5.74, 6) is 0.376. The van der Waals surface area contributed by atoms with E-state index >= 15 is 0 Å². The van der Waals surface area contributed by atoms with Crippen LogP contribution in [0.15, 0.2) is 11.6 Å². The molecular formula is C13H23NO. The first-order valence-electron chi connectivity index (χ1n) is 6.22. The third kappa shape index (κ3) is 4.17. The fourth-order valence-electron chi connectivity index (χ4n) is 2.05. The van der Waals surface area contributed by atoms with Gasteiger partial charge in [-0.25, -0.2) is 0 Å². The molecule has 1 rings (SSSR count). The molecule has 0 fully saturated rings. The molecule has 0 heterocycles. The topological polar surface area (TPSA) is 20.3 Å². The van der Waals surface area contributed by atoms with Gasteiger partial charge in [0.1, 0.15) is 0 Å². The normalized spacial score (nSPS) is 16.6. The smallest absolute Gasteiger partial charge is 0.159 e. The fraction of sp³-hybridized carbons (Fsp3) is 0.769. The molecule has 86 valence electrons. The maximum Gasteiger partial charge on any atom is 0.159 e. The van der Waals surface area contributed by atoms with Crippen molar-refractivity contribution in [2.24, 2.45) is 0 Å². The minimum Gasteiger partial charge on any atom is -0.303 e. The second-order valence-electron chi connectivity index (χ2n) is 4.18. The molecular weight excluding hydrogens is 186 g/mol. The van der Waals surface area contributed by atoms with Gasteiger partial charge in [-0.05, 0) is 44.3 Å². The highest BCUT2D eigenvalue weighted by Gasteiger charge is 2.12. The molecule has 1 aliphatic rings. The molecule has 0 aromatic rings. The largest absolute Gasteiger partial charge is 0.303 e. The standard InChI is InChI=1S/C13H23NO/c1-3-14(4-2)11-10-13(15)12-8-6-5-7-9-12/h8H,3-7,9-11H2,1-2H3. The molecule has 0 atom stereocenters. The predicted octanol–water partition coefficient (Wildman–Crippen LogP) is 2.79. The van der Waals surface area contributed by atoms with Crippen molar-refractivity contribution in [3.63, 3.8) is 0 Å². The highest BCUT2D eigenvalue weighted by molar-refractivity contribution is 5.95. The van der Waals surface area contributed by atoms with Crippen LogP contribution in [0.3, 0.4) is 0 Å². The molecule has 0 aromatic heterocycles. The summed E-state index contributed by atoms with van der Waals surface area (Å²) in [4.78, 5) is 14.1. The minimum atomic E-state index is 0.376. The number of carbonyl (C=O) groups excluding carboxylic acids is 1. The van der Waals surface area contributed by atoms with Gasteiger partial charge in [-0.3, -0.25) is 4.79 Å². The average molecular weight is 209 g/mol. The second kappa shape index (κ2) is 6.78. The molecule has 15 heavy (non-hydrogen) atoms. The van der Waals surface area contributed by atoms with E-state index in [-0.39, 0.29) is 0 Å². The lowest BCUT2D eigenvalue weighted by Gasteiger charge is -2.18. The molecule has 0 spiro atoms. The molecule has 1 aliphatic carbocycles. The van der Waals surface area contributed by atoms with Gasteiger partial charge < -0.3 is 4.90 Å². The highest BCUT2D eigenvalue weighted by Crippen LogP contribution is 2.19. The van der Waals surface area contributed by atoms with Crippen LogP contribution in [0.2, 0.25) is 0 Å². The quantitative estimate of drug-likeness (QED) is 0.670. The van der Waals surface area contributed by atoms with Crippen LogP contribution in [0.25, 0.3) is 0 Å². The molecule has 0 N–H and O–H groups in total. The molecule has 0 aromatic carbocycles. The van der Waals surface area contributed by atoms with E-state index < -0.39 is 0 Å². The fourth-order valence-corrected chi connectivity index (χ4v) is 2.05. The van der Waals surface area contributed by atoms with E-state index in [1.165, 1.54) is 12.8 Å². The molecule has 2 heteroatoms. The zero-order valence-corrected chi connectivity index (χ0v) is 10.1. The Bertz CT molecular complexity index is 229.